The van der Waals surface area contributed by atoms with Gasteiger partial charge in [0, 0.05) is 29.7 Å². The molecule has 1 heterocycles. The van der Waals surface area contributed by atoms with Gasteiger partial charge < -0.3 is 5.32 Å². The number of amides is 1. The number of nitrogens with one attached hydrogen (secondary N) is 1. The monoisotopic (exact) mass is 498 g/mol. The van der Waals surface area contributed by atoms with Gasteiger partial charge >= 0.3 is 0 Å². The molecule has 0 aliphatic rings. The Kier molecular flexibility index (Phi) is 6.49. The van der Waals surface area contributed by atoms with Crippen LogP contribution in [0.3, 0.4) is 0 Å². The SMILES string of the molecule is Cc1ccc(N(C)S(=O)(=O)c2c(-c3ccccc3)csc2C(=O)Nc2ccc(F)c(F)c2)cc1. The molecule has 0 fully saturated rings. The number of benzene rings is 3. The number of rotatable bonds is 6. The summed E-state index contributed by atoms with van der Waals surface area (Å²) in [5, 5.41) is 4.07. The van der Waals surface area contributed by atoms with Gasteiger partial charge in [-0.15, -0.1) is 11.3 Å². The highest BCUT2D eigenvalue weighted by molar-refractivity contribution is 7.93. The van der Waals surface area contributed by atoms with E-state index in [9.17, 15) is 22.0 Å². The summed E-state index contributed by atoms with van der Waals surface area (Å²) in [6, 6.07) is 18.7. The highest BCUT2D eigenvalue weighted by Gasteiger charge is 2.32. The minimum atomic E-state index is -4.17. The molecule has 4 rings (SSSR count). The third kappa shape index (κ3) is 4.57. The number of anilines is 2. The minimum Gasteiger partial charge on any atom is -0.321 e. The predicted molar refractivity (Wildman–Crippen MR) is 131 cm³/mol. The first-order valence-electron chi connectivity index (χ1n) is 10.2. The van der Waals surface area contributed by atoms with Crippen LogP contribution < -0.4 is 9.62 Å². The molecule has 0 spiro atoms. The van der Waals surface area contributed by atoms with Gasteiger partial charge in [0.05, 0.1) is 5.69 Å². The van der Waals surface area contributed by atoms with E-state index >= 15 is 0 Å². The standard InChI is InChI=1S/C25H20F2N2O3S2/c1-16-8-11-19(12-9-16)29(2)34(31,32)24-20(17-6-4-3-5-7-17)15-33-23(24)25(30)28-18-10-13-21(26)22(27)14-18/h3-15H,1-2H3,(H,28,30). The van der Waals surface area contributed by atoms with E-state index in [1.54, 1.807) is 60.0 Å². The van der Waals surface area contributed by atoms with E-state index in [0.717, 1.165) is 33.3 Å². The van der Waals surface area contributed by atoms with Crippen molar-refractivity contribution in [1.82, 2.24) is 0 Å². The van der Waals surface area contributed by atoms with Crippen molar-refractivity contribution in [1.29, 1.82) is 0 Å². The van der Waals surface area contributed by atoms with Gasteiger partial charge in [-0.1, -0.05) is 48.0 Å². The van der Waals surface area contributed by atoms with Crippen LogP contribution in [-0.2, 0) is 10.0 Å². The Labute approximate surface area is 200 Å². The first-order valence-corrected chi connectivity index (χ1v) is 12.5. The lowest BCUT2D eigenvalue weighted by atomic mass is 10.1. The number of hydrogen-bond donors (Lipinski definition) is 1. The van der Waals surface area contributed by atoms with E-state index < -0.39 is 27.6 Å². The summed E-state index contributed by atoms with van der Waals surface area (Å²) < 4.78 is 55.6. The second kappa shape index (κ2) is 9.36. The highest BCUT2D eigenvalue weighted by atomic mass is 32.2. The summed E-state index contributed by atoms with van der Waals surface area (Å²) in [5.41, 5.74) is 2.42. The predicted octanol–water partition coefficient (Wildman–Crippen LogP) is 6.08. The Morgan fingerprint density at radius 1 is 0.941 bits per heavy atom. The van der Waals surface area contributed by atoms with Crippen LogP contribution in [0.15, 0.2) is 83.1 Å². The average Bonchev–Trinajstić information content (AvgIpc) is 3.28. The fourth-order valence-electron chi connectivity index (χ4n) is 3.37. The molecule has 1 amide bonds. The maximum Gasteiger partial charge on any atom is 0.267 e. The van der Waals surface area contributed by atoms with Crippen molar-refractivity contribution >= 4 is 38.6 Å². The molecule has 0 saturated heterocycles. The number of carbonyl (C=O) groups is 1. The molecule has 0 unspecified atom stereocenters. The molecule has 9 heteroatoms. The minimum absolute atomic E-state index is 0.00815. The van der Waals surface area contributed by atoms with E-state index in [1.165, 1.54) is 13.1 Å². The molecular formula is C25H20F2N2O3S2. The molecule has 5 nitrogen and oxygen atoms in total. The maximum absolute atomic E-state index is 13.8. The molecule has 0 aliphatic heterocycles. The van der Waals surface area contributed by atoms with E-state index in [4.69, 9.17) is 0 Å². The Bertz CT molecular complexity index is 1450. The molecule has 0 aliphatic carbocycles. The molecule has 0 atom stereocenters. The molecule has 0 saturated carbocycles. The van der Waals surface area contributed by atoms with Crippen LogP contribution in [0.2, 0.25) is 0 Å². The Morgan fingerprint density at radius 2 is 1.62 bits per heavy atom. The normalized spacial score (nSPS) is 11.3. The third-order valence-electron chi connectivity index (χ3n) is 5.23. The van der Waals surface area contributed by atoms with Crippen LogP contribution in [-0.4, -0.2) is 21.4 Å². The summed E-state index contributed by atoms with van der Waals surface area (Å²) >= 11 is 0.962. The fraction of sp³-hybridized carbons (Fsp3) is 0.0800. The van der Waals surface area contributed by atoms with Crippen LogP contribution in [0.4, 0.5) is 20.2 Å². The fourth-order valence-corrected chi connectivity index (χ4v) is 6.22. The van der Waals surface area contributed by atoms with Crippen LogP contribution in [0.1, 0.15) is 15.2 Å². The van der Waals surface area contributed by atoms with Crippen molar-refractivity contribution in [2.24, 2.45) is 0 Å². The van der Waals surface area contributed by atoms with Gasteiger partial charge in [-0.05, 0) is 36.8 Å². The Hall–Kier alpha value is -3.56. The van der Waals surface area contributed by atoms with E-state index in [1.807, 2.05) is 6.92 Å². The number of carbonyl (C=O) groups excluding carboxylic acids is 1. The molecular weight excluding hydrogens is 478 g/mol. The summed E-state index contributed by atoms with van der Waals surface area (Å²) in [4.78, 5) is 12.9. The zero-order valence-corrected chi connectivity index (χ0v) is 19.9. The van der Waals surface area contributed by atoms with Crippen LogP contribution >= 0.6 is 11.3 Å². The summed E-state index contributed by atoms with van der Waals surface area (Å²) in [7, 11) is -2.75. The number of thiophene rings is 1. The number of aryl methyl sites for hydroxylation is 1. The second-order valence-corrected chi connectivity index (χ2v) is 10.4. The van der Waals surface area contributed by atoms with Gasteiger partial charge in [0.1, 0.15) is 9.77 Å². The lowest BCUT2D eigenvalue weighted by Crippen LogP contribution is -2.28. The van der Waals surface area contributed by atoms with Crippen LogP contribution in [0, 0.1) is 18.6 Å². The van der Waals surface area contributed by atoms with Crippen LogP contribution in [0.5, 0.6) is 0 Å². The van der Waals surface area contributed by atoms with Crippen molar-refractivity contribution in [3.8, 4) is 11.1 Å². The molecule has 0 bridgehead atoms. The average molecular weight is 499 g/mol. The van der Waals surface area contributed by atoms with E-state index in [2.05, 4.69) is 5.32 Å². The summed E-state index contributed by atoms with van der Waals surface area (Å²) in [6.45, 7) is 1.89. The Balaban J connectivity index is 1.82. The molecule has 3 aromatic carbocycles. The van der Waals surface area contributed by atoms with Gasteiger partial charge in [0.25, 0.3) is 15.9 Å². The largest absolute Gasteiger partial charge is 0.321 e. The first kappa shape index (κ1) is 23.6. The zero-order valence-electron chi connectivity index (χ0n) is 18.2. The van der Waals surface area contributed by atoms with Crippen molar-refractivity contribution < 1.29 is 22.0 Å². The van der Waals surface area contributed by atoms with Crippen molar-refractivity contribution in [3.63, 3.8) is 0 Å². The van der Waals surface area contributed by atoms with Gasteiger partial charge in [-0.2, -0.15) is 0 Å². The molecule has 1 aromatic heterocycles. The Morgan fingerprint density at radius 3 is 2.26 bits per heavy atom. The third-order valence-corrected chi connectivity index (χ3v) is 8.21. The van der Waals surface area contributed by atoms with Gasteiger partial charge in [-0.3, -0.25) is 9.10 Å². The van der Waals surface area contributed by atoms with Crippen LogP contribution in [0.25, 0.3) is 11.1 Å². The van der Waals surface area contributed by atoms with E-state index in [0.29, 0.717) is 16.8 Å². The van der Waals surface area contributed by atoms with Gasteiger partial charge in [0.2, 0.25) is 0 Å². The first-order chi connectivity index (χ1) is 16.2. The quantitative estimate of drug-likeness (QED) is 0.350. The molecule has 1 N–H and O–H groups in total. The molecule has 34 heavy (non-hydrogen) atoms. The molecule has 174 valence electrons. The zero-order chi connectivity index (χ0) is 24.5. The molecule has 4 aromatic rings. The topological polar surface area (TPSA) is 66.5 Å². The number of halogens is 2. The number of nitrogens with zero attached hydrogens (tertiary/aromatic N) is 1. The highest BCUT2D eigenvalue weighted by Crippen LogP contribution is 2.38. The van der Waals surface area contributed by atoms with E-state index in [-0.39, 0.29) is 15.5 Å². The molecule has 0 radical (unpaired) electrons. The van der Waals surface area contributed by atoms with Crippen molar-refractivity contribution in [2.75, 3.05) is 16.7 Å². The maximum atomic E-state index is 13.8. The van der Waals surface area contributed by atoms with Crippen molar-refractivity contribution in [3.05, 3.63) is 100 Å². The number of hydrogen-bond acceptors (Lipinski definition) is 4. The summed E-state index contributed by atoms with van der Waals surface area (Å²) in [5.74, 6) is -2.92. The van der Waals surface area contributed by atoms with Gasteiger partial charge in [-0.25, -0.2) is 17.2 Å². The lowest BCUT2D eigenvalue weighted by molar-refractivity contribution is 0.102. The summed E-state index contributed by atoms with van der Waals surface area (Å²) in [6.07, 6.45) is 0. The van der Waals surface area contributed by atoms with Gasteiger partial charge in [0.15, 0.2) is 11.6 Å². The lowest BCUT2D eigenvalue weighted by Gasteiger charge is -2.21. The second-order valence-electron chi connectivity index (χ2n) is 7.56. The smallest absolute Gasteiger partial charge is 0.267 e. The van der Waals surface area contributed by atoms with Crippen molar-refractivity contribution in [2.45, 2.75) is 11.8 Å². The number of sulfonamides is 1.